The number of para-hydroxylation sites is 4. The molecule has 3 aromatic carbocycles. The Morgan fingerprint density at radius 2 is 1.44 bits per heavy atom. The van der Waals surface area contributed by atoms with Gasteiger partial charge in [0.15, 0.2) is 0 Å². The van der Waals surface area contributed by atoms with Crippen LogP contribution in [0.25, 0.3) is 0 Å². The molecule has 1 aliphatic heterocycles. The van der Waals surface area contributed by atoms with Crippen LogP contribution in [0.15, 0.2) is 72.8 Å². The lowest BCUT2D eigenvalue weighted by atomic mass is 10.0. The molecule has 136 valence electrons. The molecule has 0 saturated heterocycles. The van der Waals surface area contributed by atoms with Crippen LogP contribution in [0.5, 0.6) is 11.5 Å². The van der Waals surface area contributed by atoms with Crippen molar-refractivity contribution in [3.05, 3.63) is 83.9 Å². The summed E-state index contributed by atoms with van der Waals surface area (Å²) in [5.74, 6) is 1.25. The Bertz CT molecular complexity index is 987. The van der Waals surface area contributed by atoms with Gasteiger partial charge in [-0.1, -0.05) is 42.5 Å². The molecule has 1 amide bonds. The van der Waals surface area contributed by atoms with E-state index in [-0.39, 0.29) is 5.91 Å². The van der Waals surface area contributed by atoms with Crippen molar-refractivity contribution in [2.75, 3.05) is 24.4 Å². The maximum Gasteiger partial charge on any atom is 0.262 e. The minimum absolute atomic E-state index is 0.0928. The van der Waals surface area contributed by atoms with E-state index in [0.717, 1.165) is 11.3 Å². The number of hydrogen-bond acceptors (Lipinski definition) is 4. The van der Waals surface area contributed by atoms with Gasteiger partial charge in [0.2, 0.25) is 0 Å². The van der Waals surface area contributed by atoms with Gasteiger partial charge in [-0.2, -0.15) is 0 Å². The van der Waals surface area contributed by atoms with Gasteiger partial charge in [-0.25, -0.2) is 0 Å². The molecule has 1 aliphatic rings. The summed E-state index contributed by atoms with van der Waals surface area (Å²) in [7, 11) is 3.23. The summed E-state index contributed by atoms with van der Waals surface area (Å²) < 4.78 is 11.1. The van der Waals surface area contributed by atoms with E-state index in [1.807, 2.05) is 72.8 Å². The molecular formula is C22H20N2O3. The van der Waals surface area contributed by atoms with Crippen LogP contribution in [0, 0.1) is 0 Å². The summed E-state index contributed by atoms with van der Waals surface area (Å²) in [5, 5.41) is 3.49. The van der Waals surface area contributed by atoms with E-state index < -0.39 is 6.17 Å². The smallest absolute Gasteiger partial charge is 0.262 e. The summed E-state index contributed by atoms with van der Waals surface area (Å²) >= 11 is 0. The number of benzene rings is 3. The lowest BCUT2D eigenvalue weighted by Crippen LogP contribution is -2.43. The van der Waals surface area contributed by atoms with Crippen molar-refractivity contribution in [1.82, 2.24) is 0 Å². The second-order valence-electron chi connectivity index (χ2n) is 6.18. The Balaban J connectivity index is 1.93. The topological polar surface area (TPSA) is 50.8 Å². The fourth-order valence-electron chi connectivity index (χ4n) is 3.44. The molecule has 4 rings (SSSR count). The van der Waals surface area contributed by atoms with Gasteiger partial charge in [-0.3, -0.25) is 9.69 Å². The predicted octanol–water partition coefficient (Wildman–Crippen LogP) is 4.47. The number of fused-ring (bicyclic) bond motifs is 1. The summed E-state index contributed by atoms with van der Waals surface area (Å²) in [4.78, 5) is 15.2. The summed E-state index contributed by atoms with van der Waals surface area (Å²) in [6.07, 6.45) is -0.431. The number of methoxy groups -OCH3 is 2. The van der Waals surface area contributed by atoms with Crippen molar-refractivity contribution in [1.29, 1.82) is 0 Å². The summed E-state index contributed by atoms with van der Waals surface area (Å²) in [6.45, 7) is 0. The number of nitrogens with one attached hydrogen (secondary N) is 1. The van der Waals surface area contributed by atoms with Crippen LogP contribution >= 0.6 is 0 Å². The van der Waals surface area contributed by atoms with Crippen LogP contribution in [0.4, 0.5) is 11.4 Å². The summed E-state index contributed by atoms with van der Waals surface area (Å²) in [6, 6.07) is 22.7. The van der Waals surface area contributed by atoms with Gasteiger partial charge in [-0.05, 0) is 30.3 Å². The highest BCUT2D eigenvalue weighted by Gasteiger charge is 2.36. The molecule has 0 bridgehead atoms. The molecule has 5 heteroatoms. The van der Waals surface area contributed by atoms with Crippen molar-refractivity contribution in [2.45, 2.75) is 6.17 Å². The molecule has 1 heterocycles. The SMILES string of the molecule is COc1ccccc1[C@@H]1Nc2ccccc2C(=O)N1c1ccccc1OC. The van der Waals surface area contributed by atoms with E-state index in [4.69, 9.17) is 9.47 Å². The lowest BCUT2D eigenvalue weighted by molar-refractivity contribution is 0.0974. The Labute approximate surface area is 158 Å². The van der Waals surface area contributed by atoms with Crippen LogP contribution in [0.3, 0.4) is 0 Å². The number of ether oxygens (including phenoxy) is 2. The highest BCUT2D eigenvalue weighted by molar-refractivity contribution is 6.12. The molecule has 0 spiro atoms. The first-order chi connectivity index (χ1) is 13.2. The molecule has 0 saturated carbocycles. The first-order valence-electron chi connectivity index (χ1n) is 8.69. The third-order valence-electron chi connectivity index (χ3n) is 4.70. The maximum atomic E-state index is 13.5. The number of nitrogens with zero attached hydrogens (tertiary/aromatic N) is 1. The van der Waals surface area contributed by atoms with Crippen molar-refractivity contribution in [2.24, 2.45) is 0 Å². The Hall–Kier alpha value is -3.47. The van der Waals surface area contributed by atoms with Crippen molar-refractivity contribution in [3.63, 3.8) is 0 Å². The average molecular weight is 360 g/mol. The van der Waals surface area contributed by atoms with E-state index in [2.05, 4.69) is 5.32 Å². The zero-order valence-corrected chi connectivity index (χ0v) is 15.2. The molecule has 0 radical (unpaired) electrons. The molecule has 0 aliphatic carbocycles. The van der Waals surface area contributed by atoms with Crippen molar-refractivity contribution < 1.29 is 14.3 Å². The zero-order chi connectivity index (χ0) is 18.8. The standard InChI is InChI=1S/C22H20N2O3/c1-26-19-13-7-4-10-16(19)21-23-17-11-5-3-9-15(17)22(25)24(21)18-12-6-8-14-20(18)27-2/h3-14,21,23H,1-2H3/t21-/m1/s1. The fourth-order valence-corrected chi connectivity index (χ4v) is 3.44. The maximum absolute atomic E-state index is 13.5. The number of hydrogen-bond donors (Lipinski definition) is 1. The number of anilines is 2. The first kappa shape index (κ1) is 17.0. The quantitative estimate of drug-likeness (QED) is 0.746. The van der Waals surface area contributed by atoms with Crippen LogP contribution < -0.4 is 19.7 Å². The number of amides is 1. The summed E-state index contributed by atoms with van der Waals surface area (Å²) in [5.41, 5.74) is 2.98. The third-order valence-corrected chi connectivity index (χ3v) is 4.70. The normalized spacial score (nSPS) is 15.7. The first-order valence-corrected chi connectivity index (χ1v) is 8.69. The molecule has 1 N–H and O–H groups in total. The van der Waals surface area contributed by atoms with Gasteiger partial charge in [0.25, 0.3) is 5.91 Å². The fraction of sp³-hybridized carbons (Fsp3) is 0.136. The third kappa shape index (κ3) is 2.87. The van der Waals surface area contributed by atoms with Gasteiger partial charge in [0, 0.05) is 11.3 Å². The second-order valence-corrected chi connectivity index (χ2v) is 6.18. The van der Waals surface area contributed by atoms with E-state index in [1.165, 1.54) is 0 Å². The molecule has 5 nitrogen and oxygen atoms in total. The van der Waals surface area contributed by atoms with Gasteiger partial charge in [0.1, 0.15) is 17.7 Å². The molecule has 0 fully saturated rings. The van der Waals surface area contributed by atoms with Crippen LogP contribution in [0.1, 0.15) is 22.1 Å². The molecular weight excluding hydrogens is 340 g/mol. The van der Waals surface area contributed by atoms with Crippen molar-refractivity contribution in [3.8, 4) is 11.5 Å². The molecule has 27 heavy (non-hydrogen) atoms. The van der Waals surface area contributed by atoms with Crippen molar-refractivity contribution >= 4 is 17.3 Å². The second kappa shape index (κ2) is 7.03. The average Bonchev–Trinajstić information content (AvgIpc) is 2.73. The van der Waals surface area contributed by atoms with E-state index in [9.17, 15) is 4.79 Å². The van der Waals surface area contributed by atoms with E-state index in [0.29, 0.717) is 22.7 Å². The van der Waals surface area contributed by atoms with E-state index in [1.54, 1.807) is 19.1 Å². The highest BCUT2D eigenvalue weighted by atomic mass is 16.5. The Morgan fingerprint density at radius 3 is 2.22 bits per heavy atom. The number of carbonyl (C=O) groups excluding carboxylic acids is 1. The Kier molecular flexibility index (Phi) is 4.42. The van der Waals surface area contributed by atoms with Crippen LogP contribution in [0.2, 0.25) is 0 Å². The molecule has 1 atom stereocenters. The van der Waals surface area contributed by atoms with Crippen LogP contribution in [-0.2, 0) is 0 Å². The zero-order valence-electron chi connectivity index (χ0n) is 15.2. The Morgan fingerprint density at radius 1 is 0.815 bits per heavy atom. The van der Waals surface area contributed by atoms with Gasteiger partial charge in [0.05, 0.1) is 25.5 Å². The van der Waals surface area contributed by atoms with Gasteiger partial charge < -0.3 is 14.8 Å². The largest absolute Gasteiger partial charge is 0.496 e. The minimum Gasteiger partial charge on any atom is -0.496 e. The predicted molar refractivity (Wildman–Crippen MR) is 106 cm³/mol. The van der Waals surface area contributed by atoms with E-state index >= 15 is 0 Å². The number of rotatable bonds is 4. The lowest BCUT2D eigenvalue weighted by Gasteiger charge is -2.39. The number of carbonyl (C=O) groups is 1. The minimum atomic E-state index is -0.431. The molecule has 0 unspecified atom stereocenters. The monoisotopic (exact) mass is 360 g/mol. The van der Waals surface area contributed by atoms with Crippen LogP contribution in [-0.4, -0.2) is 20.1 Å². The van der Waals surface area contributed by atoms with Gasteiger partial charge in [-0.15, -0.1) is 0 Å². The molecule has 3 aromatic rings. The molecule has 0 aromatic heterocycles. The van der Waals surface area contributed by atoms with Gasteiger partial charge >= 0.3 is 0 Å². The highest BCUT2D eigenvalue weighted by Crippen LogP contribution is 2.42.